The van der Waals surface area contributed by atoms with Gasteiger partial charge < -0.3 is 10.1 Å². The van der Waals surface area contributed by atoms with Crippen LogP contribution in [-0.4, -0.2) is 55.2 Å². The number of hydrogen-bond donors (Lipinski definition) is 1. The highest BCUT2D eigenvalue weighted by Gasteiger charge is 2.09. The van der Waals surface area contributed by atoms with E-state index in [0.717, 1.165) is 38.3 Å². The van der Waals surface area contributed by atoms with Crippen LogP contribution >= 0.6 is 37.2 Å². The van der Waals surface area contributed by atoms with E-state index in [9.17, 15) is 4.79 Å². The lowest BCUT2D eigenvalue weighted by Gasteiger charge is -2.26. The Kier molecular flexibility index (Phi) is 14.7. The highest BCUT2D eigenvalue weighted by atomic mass is 35.5. The van der Waals surface area contributed by atoms with Crippen molar-refractivity contribution in [1.29, 1.82) is 0 Å². The number of nitrogens with zero attached hydrogens (tertiary/aromatic N) is 2. The molecule has 1 N–H and O–H groups in total. The molecule has 0 radical (unpaired) electrons. The normalized spacial score (nSPS) is 14.4. The zero-order valence-corrected chi connectivity index (χ0v) is 14.6. The highest BCUT2D eigenvalue weighted by Crippen LogP contribution is 1.99. The van der Waals surface area contributed by atoms with Crippen molar-refractivity contribution in [3.8, 4) is 0 Å². The zero-order chi connectivity index (χ0) is 13.3. The number of piperazine rings is 1. The van der Waals surface area contributed by atoms with Gasteiger partial charge in [-0.1, -0.05) is 6.07 Å². The molecule has 22 heavy (non-hydrogen) atoms. The summed E-state index contributed by atoms with van der Waals surface area (Å²) in [4.78, 5) is 17.8. The number of rotatable bonds is 5. The third-order valence-corrected chi connectivity index (χ3v) is 2.96. The Morgan fingerprint density at radius 3 is 2.68 bits per heavy atom. The van der Waals surface area contributed by atoms with Crippen LogP contribution in [0.3, 0.4) is 0 Å². The number of nitrogens with one attached hydrogen (secondary N) is 1. The lowest BCUT2D eigenvalue weighted by molar-refractivity contribution is -0.138. The van der Waals surface area contributed by atoms with Crippen molar-refractivity contribution in [3.63, 3.8) is 0 Å². The minimum Gasteiger partial charge on any atom is -0.461 e. The molecule has 1 aliphatic rings. The summed E-state index contributed by atoms with van der Waals surface area (Å²) in [5.41, 5.74) is 0.890. The van der Waals surface area contributed by atoms with Crippen LogP contribution in [-0.2, 0) is 9.53 Å². The number of ether oxygens (including phenoxy) is 1. The lowest BCUT2D eigenvalue weighted by atomic mass is 10.2. The maximum Gasteiger partial charge on any atom is 0.330 e. The summed E-state index contributed by atoms with van der Waals surface area (Å²) >= 11 is 0. The van der Waals surface area contributed by atoms with Gasteiger partial charge in [0.15, 0.2) is 0 Å². The molecule has 126 valence electrons. The predicted octanol–water partition coefficient (Wildman–Crippen LogP) is 1.81. The average Bonchev–Trinajstić information content (AvgIpc) is 2.47. The van der Waals surface area contributed by atoms with Crippen LogP contribution in [0.25, 0.3) is 6.08 Å². The van der Waals surface area contributed by atoms with Crippen molar-refractivity contribution >= 4 is 49.3 Å². The molecule has 0 aliphatic carbocycles. The third-order valence-electron chi connectivity index (χ3n) is 2.96. The van der Waals surface area contributed by atoms with Crippen LogP contribution in [0.4, 0.5) is 0 Å². The maximum absolute atomic E-state index is 11.5. The van der Waals surface area contributed by atoms with E-state index in [1.54, 1.807) is 18.5 Å². The molecule has 0 spiro atoms. The van der Waals surface area contributed by atoms with Crippen molar-refractivity contribution in [1.82, 2.24) is 15.2 Å². The van der Waals surface area contributed by atoms with Crippen molar-refractivity contribution in [2.24, 2.45) is 0 Å². The number of halogens is 3. The molecule has 0 atom stereocenters. The van der Waals surface area contributed by atoms with E-state index in [1.165, 1.54) is 6.08 Å². The number of pyridine rings is 1. The molecule has 0 aromatic carbocycles. The molecular weight excluding hydrogens is 349 g/mol. The van der Waals surface area contributed by atoms with E-state index in [-0.39, 0.29) is 43.2 Å². The monoisotopic (exact) mass is 369 g/mol. The number of carbonyl (C=O) groups is 1. The Bertz CT molecular complexity index is 427. The van der Waals surface area contributed by atoms with Gasteiger partial charge in [0.25, 0.3) is 0 Å². The molecule has 1 fully saturated rings. The minimum absolute atomic E-state index is 0. The molecule has 0 amide bonds. The summed E-state index contributed by atoms with van der Waals surface area (Å²) in [6.45, 7) is 5.29. The fourth-order valence-corrected chi connectivity index (χ4v) is 1.90. The summed E-state index contributed by atoms with van der Waals surface area (Å²) in [6.07, 6.45) is 6.54. The molecule has 2 rings (SSSR count). The average molecular weight is 371 g/mol. The molecule has 5 nitrogen and oxygen atoms in total. The molecule has 0 unspecified atom stereocenters. The first-order valence-electron chi connectivity index (χ1n) is 6.52. The first-order valence-corrected chi connectivity index (χ1v) is 6.52. The predicted molar refractivity (Wildman–Crippen MR) is 95.3 cm³/mol. The van der Waals surface area contributed by atoms with E-state index in [4.69, 9.17) is 4.74 Å². The Labute approximate surface area is 149 Å². The second-order valence-corrected chi connectivity index (χ2v) is 4.38. The van der Waals surface area contributed by atoms with Crippen LogP contribution < -0.4 is 5.32 Å². The fourth-order valence-electron chi connectivity index (χ4n) is 1.90. The van der Waals surface area contributed by atoms with Gasteiger partial charge in [0.1, 0.15) is 6.61 Å². The first-order chi connectivity index (χ1) is 9.34. The maximum atomic E-state index is 11.5. The highest BCUT2D eigenvalue weighted by molar-refractivity contribution is 5.87. The van der Waals surface area contributed by atoms with Gasteiger partial charge in [-0.2, -0.15) is 0 Å². The van der Waals surface area contributed by atoms with Crippen molar-refractivity contribution in [3.05, 3.63) is 36.2 Å². The Balaban J connectivity index is 0. The van der Waals surface area contributed by atoms with Gasteiger partial charge in [-0.15, -0.1) is 37.2 Å². The van der Waals surface area contributed by atoms with E-state index in [2.05, 4.69) is 15.2 Å². The summed E-state index contributed by atoms with van der Waals surface area (Å²) in [7, 11) is 0. The van der Waals surface area contributed by atoms with Gasteiger partial charge in [-0.05, 0) is 17.7 Å². The summed E-state index contributed by atoms with van der Waals surface area (Å²) < 4.78 is 5.16. The molecule has 1 aromatic heterocycles. The summed E-state index contributed by atoms with van der Waals surface area (Å²) in [5, 5.41) is 3.29. The molecule has 2 heterocycles. The standard InChI is InChI=1S/C14H19N3O2.3ClH/c18-14(4-3-13-2-1-5-16-12-13)19-11-10-17-8-6-15-7-9-17;;;/h1-5,12,15H,6-11H2;3*1H. The smallest absolute Gasteiger partial charge is 0.330 e. The van der Waals surface area contributed by atoms with Gasteiger partial charge in [0.05, 0.1) is 0 Å². The van der Waals surface area contributed by atoms with E-state index >= 15 is 0 Å². The van der Waals surface area contributed by atoms with Crippen molar-refractivity contribution in [2.45, 2.75) is 0 Å². The molecule has 0 saturated carbocycles. The van der Waals surface area contributed by atoms with Crippen molar-refractivity contribution in [2.75, 3.05) is 39.3 Å². The van der Waals surface area contributed by atoms with Gasteiger partial charge in [-0.3, -0.25) is 9.88 Å². The number of hydrogen-bond acceptors (Lipinski definition) is 5. The molecule has 8 heteroatoms. The second kappa shape index (κ2) is 13.8. The van der Waals surface area contributed by atoms with Crippen LogP contribution in [0, 0.1) is 0 Å². The second-order valence-electron chi connectivity index (χ2n) is 4.38. The molecule has 1 aliphatic heterocycles. The lowest BCUT2D eigenvalue weighted by Crippen LogP contribution is -2.44. The van der Waals surface area contributed by atoms with Gasteiger partial charge >= 0.3 is 5.97 Å². The van der Waals surface area contributed by atoms with Gasteiger partial charge in [0, 0.05) is 51.2 Å². The largest absolute Gasteiger partial charge is 0.461 e. The molecule has 1 saturated heterocycles. The number of carbonyl (C=O) groups excluding carboxylic acids is 1. The fraction of sp³-hybridized carbons (Fsp3) is 0.429. The van der Waals surface area contributed by atoms with Crippen LogP contribution in [0.15, 0.2) is 30.6 Å². The number of aromatic nitrogens is 1. The Morgan fingerprint density at radius 2 is 2.05 bits per heavy atom. The SMILES string of the molecule is Cl.Cl.Cl.O=C(C=Cc1cccnc1)OCCN1CCNCC1. The van der Waals surface area contributed by atoms with Crippen LogP contribution in [0.1, 0.15) is 5.56 Å². The third kappa shape index (κ3) is 9.23. The van der Waals surface area contributed by atoms with E-state index in [1.807, 2.05) is 12.1 Å². The quantitative estimate of drug-likeness (QED) is 0.633. The zero-order valence-electron chi connectivity index (χ0n) is 12.1. The first kappa shape index (κ1) is 23.4. The van der Waals surface area contributed by atoms with E-state index < -0.39 is 0 Å². The Morgan fingerprint density at radius 1 is 1.32 bits per heavy atom. The molecule has 1 aromatic rings. The molecular formula is C14H22Cl3N3O2. The van der Waals surface area contributed by atoms with Crippen LogP contribution in [0.2, 0.25) is 0 Å². The van der Waals surface area contributed by atoms with E-state index in [0.29, 0.717) is 6.61 Å². The van der Waals surface area contributed by atoms with Crippen LogP contribution in [0.5, 0.6) is 0 Å². The Hall–Kier alpha value is -0.850. The van der Waals surface area contributed by atoms with Gasteiger partial charge in [-0.25, -0.2) is 4.79 Å². The summed E-state index contributed by atoms with van der Waals surface area (Å²) in [5.74, 6) is -0.306. The summed E-state index contributed by atoms with van der Waals surface area (Å²) in [6, 6.07) is 3.72. The molecule has 0 bridgehead atoms. The minimum atomic E-state index is -0.306. The van der Waals surface area contributed by atoms with Gasteiger partial charge in [0.2, 0.25) is 0 Å². The van der Waals surface area contributed by atoms with Crippen molar-refractivity contribution < 1.29 is 9.53 Å². The number of esters is 1. The topological polar surface area (TPSA) is 54.5 Å².